The standard InChI is InChI=1S/C21H27FN2O2/c22-21(10-11-21)19(26)24-14-12-20(13-15-24)9-8-17(20)23-18(25)7-6-16-4-2-1-3-5-16/h1-5,17H,6-15H2,(H,23,25). The van der Waals surface area contributed by atoms with Crippen LogP contribution in [0.5, 0.6) is 0 Å². The first-order valence-electron chi connectivity index (χ1n) is 9.82. The Morgan fingerprint density at radius 2 is 1.77 bits per heavy atom. The van der Waals surface area contributed by atoms with Crippen LogP contribution in [0.4, 0.5) is 4.39 Å². The molecule has 140 valence electrons. The molecular weight excluding hydrogens is 331 g/mol. The van der Waals surface area contributed by atoms with E-state index in [1.165, 1.54) is 5.56 Å². The molecule has 1 heterocycles. The molecule has 26 heavy (non-hydrogen) atoms. The number of hydrogen-bond donors (Lipinski definition) is 1. The topological polar surface area (TPSA) is 49.4 Å². The highest BCUT2D eigenvalue weighted by Gasteiger charge is 2.55. The summed E-state index contributed by atoms with van der Waals surface area (Å²) < 4.78 is 14.0. The van der Waals surface area contributed by atoms with Crippen LogP contribution in [0, 0.1) is 5.41 Å². The van der Waals surface area contributed by atoms with Gasteiger partial charge in [0, 0.05) is 25.6 Å². The third-order valence-electron chi connectivity index (χ3n) is 6.61. The molecule has 1 atom stereocenters. The van der Waals surface area contributed by atoms with Gasteiger partial charge in [0.2, 0.25) is 5.91 Å². The molecule has 0 aromatic heterocycles. The third-order valence-corrected chi connectivity index (χ3v) is 6.61. The number of carbonyl (C=O) groups excluding carboxylic acids is 2. The fourth-order valence-corrected chi connectivity index (χ4v) is 4.45. The molecule has 1 saturated heterocycles. The molecule has 4 nitrogen and oxygen atoms in total. The van der Waals surface area contributed by atoms with Gasteiger partial charge in [0.05, 0.1) is 0 Å². The lowest BCUT2D eigenvalue weighted by Crippen LogP contribution is -2.60. The van der Waals surface area contributed by atoms with E-state index in [9.17, 15) is 14.0 Å². The summed E-state index contributed by atoms with van der Waals surface area (Å²) in [5.41, 5.74) is -0.264. The zero-order valence-corrected chi connectivity index (χ0v) is 15.2. The largest absolute Gasteiger partial charge is 0.353 e. The molecule has 2 amide bonds. The Bertz CT molecular complexity index is 679. The molecule has 5 heteroatoms. The molecule has 0 radical (unpaired) electrons. The van der Waals surface area contributed by atoms with E-state index < -0.39 is 5.67 Å². The van der Waals surface area contributed by atoms with Crippen LogP contribution >= 0.6 is 0 Å². The number of nitrogens with zero attached hydrogens (tertiary/aromatic N) is 1. The minimum Gasteiger partial charge on any atom is -0.353 e. The first kappa shape index (κ1) is 17.5. The number of alkyl halides is 1. The number of halogens is 1. The second kappa shape index (κ2) is 6.67. The van der Waals surface area contributed by atoms with Crippen molar-refractivity contribution in [1.29, 1.82) is 0 Å². The molecule has 2 saturated carbocycles. The van der Waals surface area contributed by atoms with Gasteiger partial charge in [-0.2, -0.15) is 0 Å². The predicted octanol–water partition coefficient (Wildman–Crippen LogP) is 3.01. The van der Waals surface area contributed by atoms with Gasteiger partial charge in [-0.05, 0) is 55.9 Å². The fraction of sp³-hybridized carbons (Fsp3) is 0.619. The highest BCUT2D eigenvalue weighted by molar-refractivity contribution is 5.88. The van der Waals surface area contributed by atoms with E-state index in [2.05, 4.69) is 5.32 Å². The van der Waals surface area contributed by atoms with E-state index in [0.29, 0.717) is 32.4 Å². The molecular formula is C21H27FN2O2. The summed E-state index contributed by atoms with van der Waals surface area (Å²) in [5, 5.41) is 3.22. The lowest BCUT2D eigenvalue weighted by molar-refractivity contribution is -0.143. The monoisotopic (exact) mass is 358 g/mol. The van der Waals surface area contributed by atoms with Gasteiger partial charge < -0.3 is 10.2 Å². The van der Waals surface area contributed by atoms with Crippen molar-refractivity contribution in [2.24, 2.45) is 5.41 Å². The molecule has 3 fully saturated rings. The average Bonchev–Trinajstić information content (AvgIpc) is 3.42. The number of benzene rings is 1. The van der Waals surface area contributed by atoms with Crippen LogP contribution in [-0.4, -0.2) is 41.5 Å². The maximum Gasteiger partial charge on any atom is 0.260 e. The zero-order valence-electron chi connectivity index (χ0n) is 15.2. The molecule has 0 bridgehead atoms. The minimum absolute atomic E-state index is 0.108. The first-order chi connectivity index (χ1) is 12.5. The van der Waals surface area contributed by atoms with Crippen molar-refractivity contribution in [3.8, 4) is 0 Å². The second-order valence-corrected chi connectivity index (χ2v) is 8.26. The molecule has 1 spiro atoms. The lowest BCUT2D eigenvalue weighted by atomic mass is 9.59. The molecule has 1 N–H and O–H groups in total. The van der Waals surface area contributed by atoms with Gasteiger partial charge in [0.15, 0.2) is 5.67 Å². The van der Waals surface area contributed by atoms with E-state index >= 15 is 0 Å². The molecule has 4 rings (SSSR count). The van der Waals surface area contributed by atoms with E-state index in [-0.39, 0.29) is 23.3 Å². The summed E-state index contributed by atoms with van der Waals surface area (Å²) in [5.74, 6) is -0.202. The van der Waals surface area contributed by atoms with Gasteiger partial charge in [0.1, 0.15) is 0 Å². The minimum atomic E-state index is -1.56. The third kappa shape index (κ3) is 3.36. The quantitative estimate of drug-likeness (QED) is 0.880. The second-order valence-electron chi connectivity index (χ2n) is 8.26. The smallest absolute Gasteiger partial charge is 0.260 e. The number of likely N-dealkylation sites (tertiary alicyclic amines) is 1. The maximum absolute atomic E-state index is 14.0. The van der Waals surface area contributed by atoms with Gasteiger partial charge in [-0.3, -0.25) is 9.59 Å². The van der Waals surface area contributed by atoms with Crippen molar-refractivity contribution < 1.29 is 14.0 Å². The zero-order chi connectivity index (χ0) is 18.2. The van der Waals surface area contributed by atoms with Crippen molar-refractivity contribution in [2.75, 3.05) is 13.1 Å². The number of amides is 2. The average molecular weight is 358 g/mol. The van der Waals surface area contributed by atoms with E-state index in [4.69, 9.17) is 0 Å². The summed E-state index contributed by atoms with van der Waals surface area (Å²) in [6.07, 6.45) is 5.88. The Morgan fingerprint density at radius 1 is 1.08 bits per heavy atom. The van der Waals surface area contributed by atoms with Gasteiger partial charge in [-0.25, -0.2) is 4.39 Å². The van der Waals surface area contributed by atoms with Crippen molar-refractivity contribution in [1.82, 2.24) is 10.2 Å². The summed E-state index contributed by atoms with van der Waals surface area (Å²) in [6.45, 7) is 1.25. The fourth-order valence-electron chi connectivity index (χ4n) is 4.45. The van der Waals surface area contributed by atoms with E-state index in [1.807, 2.05) is 30.3 Å². The van der Waals surface area contributed by atoms with Crippen LogP contribution in [0.2, 0.25) is 0 Å². The molecule has 1 aromatic rings. The predicted molar refractivity (Wildman–Crippen MR) is 97.2 cm³/mol. The highest BCUT2D eigenvalue weighted by atomic mass is 19.1. The number of aryl methyl sites for hydroxylation is 1. The van der Waals surface area contributed by atoms with Gasteiger partial charge in [0.25, 0.3) is 5.91 Å². The van der Waals surface area contributed by atoms with Crippen molar-refractivity contribution in [3.63, 3.8) is 0 Å². The summed E-state index contributed by atoms with van der Waals surface area (Å²) in [6, 6.07) is 10.3. The van der Waals surface area contributed by atoms with Crippen LogP contribution in [-0.2, 0) is 16.0 Å². The Balaban J connectivity index is 1.25. The Kier molecular flexibility index (Phi) is 4.49. The highest BCUT2D eigenvalue weighted by Crippen LogP contribution is 2.50. The lowest BCUT2D eigenvalue weighted by Gasteiger charge is -2.54. The van der Waals surface area contributed by atoms with Crippen molar-refractivity contribution in [2.45, 2.75) is 63.1 Å². The van der Waals surface area contributed by atoms with Crippen LogP contribution in [0.15, 0.2) is 30.3 Å². The number of carbonyl (C=O) groups is 2. The molecule has 3 aliphatic rings. The van der Waals surface area contributed by atoms with Crippen molar-refractivity contribution >= 4 is 11.8 Å². The number of rotatable bonds is 5. The molecule has 2 aliphatic carbocycles. The maximum atomic E-state index is 14.0. The molecule has 1 aliphatic heterocycles. The van der Waals surface area contributed by atoms with Crippen LogP contribution in [0.3, 0.4) is 0 Å². The van der Waals surface area contributed by atoms with Gasteiger partial charge in [-0.1, -0.05) is 30.3 Å². The molecule has 1 aromatic carbocycles. The summed E-state index contributed by atoms with van der Waals surface area (Å²) in [7, 11) is 0. The number of hydrogen-bond acceptors (Lipinski definition) is 2. The van der Waals surface area contributed by atoms with E-state index in [0.717, 1.165) is 32.1 Å². The Hall–Kier alpha value is -1.91. The summed E-state index contributed by atoms with van der Waals surface area (Å²) in [4.78, 5) is 26.2. The van der Waals surface area contributed by atoms with Crippen molar-refractivity contribution in [3.05, 3.63) is 35.9 Å². The first-order valence-corrected chi connectivity index (χ1v) is 9.82. The Morgan fingerprint density at radius 3 is 2.35 bits per heavy atom. The van der Waals surface area contributed by atoms with Gasteiger partial charge >= 0.3 is 0 Å². The molecule has 1 unspecified atom stereocenters. The SMILES string of the molecule is O=C(CCc1ccccc1)NC1CCC12CCN(C(=O)C1(F)CC1)CC2. The number of piperidine rings is 1. The summed E-state index contributed by atoms with van der Waals surface area (Å²) >= 11 is 0. The number of nitrogens with one attached hydrogen (secondary N) is 1. The normalized spacial score (nSPS) is 25.4. The van der Waals surface area contributed by atoms with E-state index in [1.54, 1.807) is 4.90 Å². The van der Waals surface area contributed by atoms with Crippen LogP contribution in [0.1, 0.15) is 50.5 Å². The Labute approximate surface area is 154 Å². The van der Waals surface area contributed by atoms with Gasteiger partial charge in [-0.15, -0.1) is 0 Å². The van der Waals surface area contributed by atoms with Crippen LogP contribution < -0.4 is 5.32 Å². The van der Waals surface area contributed by atoms with Crippen LogP contribution in [0.25, 0.3) is 0 Å².